The van der Waals surface area contributed by atoms with Gasteiger partial charge >= 0.3 is 37.7 Å². The zero-order valence-corrected chi connectivity index (χ0v) is 13.6. The second kappa shape index (κ2) is 23.8. The smallest absolute Gasteiger partial charge is 1.00 e. The summed E-state index contributed by atoms with van der Waals surface area (Å²) in [5.74, 6) is 0. The van der Waals surface area contributed by atoms with E-state index in [4.69, 9.17) is 0 Å². The van der Waals surface area contributed by atoms with E-state index < -0.39 is 0 Å². The minimum absolute atomic E-state index is 0. The molecule has 0 radical (unpaired) electrons. The Kier molecular flexibility index (Phi) is 164. The summed E-state index contributed by atoms with van der Waals surface area (Å²) in [7, 11) is 0. The van der Waals surface area contributed by atoms with Crippen molar-refractivity contribution >= 4 is 48.7 Å². The van der Waals surface area contributed by atoms with Gasteiger partial charge in [0.1, 0.15) is 0 Å². The number of hydrogen-bond acceptors (Lipinski definition) is 0. The molecule has 0 unspecified atom stereocenters. The summed E-state index contributed by atoms with van der Waals surface area (Å²) in [6, 6.07) is 0. The molecule has 0 fully saturated rings. The summed E-state index contributed by atoms with van der Waals surface area (Å²) in [6.07, 6.45) is 0. The monoisotopic (exact) mass is 600 g/mol. The van der Waals surface area contributed by atoms with Gasteiger partial charge in [0.2, 0.25) is 0 Å². The van der Waals surface area contributed by atoms with E-state index in [1.165, 1.54) is 0 Å². The van der Waals surface area contributed by atoms with Crippen LogP contribution in [0.25, 0.3) is 0 Å². The van der Waals surface area contributed by atoms with Crippen LogP contribution in [-0.4, -0.2) is 48.7 Å². The first-order valence-electron chi connectivity index (χ1n) is 0. The molecule has 0 saturated heterocycles. The summed E-state index contributed by atoms with van der Waals surface area (Å²) in [4.78, 5) is 0. The largest absolute Gasteiger partial charge is 2.00 e. The van der Waals surface area contributed by atoms with Crippen molar-refractivity contribution < 1.29 is 91.0 Å². The zero-order valence-electron chi connectivity index (χ0n) is 4.06. The van der Waals surface area contributed by atoms with Gasteiger partial charge in [-0.15, -0.1) is 0 Å². The third kappa shape index (κ3) is 17.8. The third-order valence-electron chi connectivity index (χ3n) is 0. The van der Waals surface area contributed by atoms with Gasteiger partial charge in [0.25, 0.3) is 0 Å². The van der Waals surface area contributed by atoms with E-state index in [-0.39, 0.29) is 140 Å². The van der Waals surface area contributed by atoms with Gasteiger partial charge in [-0.3, -0.25) is 0 Å². The Hall–Kier alpha value is 4.37. The maximum absolute atomic E-state index is 0. The van der Waals surface area contributed by atoms with Crippen LogP contribution in [0.3, 0.4) is 0 Å². The Morgan fingerprint density at radius 2 is 1.20 bits per heavy atom. The average molecular weight is 600 g/mol. The van der Waals surface area contributed by atoms with Crippen molar-refractivity contribution in [2.24, 2.45) is 0 Å². The van der Waals surface area contributed by atoms with Crippen molar-refractivity contribution in [1.29, 1.82) is 0 Å². The molecular formula is H6CaFeSiThU. The second-order valence-corrected chi connectivity index (χ2v) is 0. The minimum atomic E-state index is 0. The molecule has 0 heterocycles. The van der Waals surface area contributed by atoms with Gasteiger partial charge in [-0.1, -0.05) is 0 Å². The van der Waals surface area contributed by atoms with Gasteiger partial charge in [-0.05, 0) is 11.0 Å². The quantitative estimate of drug-likeness (QED) is 0.294. The fraction of sp³-hybridized carbons (Fsp3) is 0. The van der Waals surface area contributed by atoms with Gasteiger partial charge in [0.05, 0.1) is 0 Å². The molecule has 0 nitrogen and oxygen atoms in total. The van der Waals surface area contributed by atoms with E-state index in [1.54, 1.807) is 0 Å². The molecule has 0 amide bonds. The van der Waals surface area contributed by atoms with E-state index in [9.17, 15) is 0 Å². The first-order chi connectivity index (χ1) is 0. The molecule has 0 aliphatic carbocycles. The Morgan fingerprint density at radius 3 is 1.20 bits per heavy atom. The van der Waals surface area contributed by atoms with Gasteiger partial charge in [0.15, 0.2) is 0 Å². The molecule has 0 aromatic rings. The van der Waals surface area contributed by atoms with Crippen LogP contribution in [0.4, 0.5) is 0 Å². The standard InChI is InChI=1S/Ca.Fe.H4Si.Th.U.2H/h;;1H4;;;;/q+2;;;;;2*-1. The average Bonchev–Trinajstić information content (AvgIpc) is 0. The molecule has 0 atom stereocenters. The van der Waals surface area contributed by atoms with Crippen molar-refractivity contribution in [2.45, 2.75) is 0 Å². The molecular weight excluding hydrogens is 594 g/mol. The molecule has 0 rings (SSSR count). The van der Waals surface area contributed by atoms with E-state index >= 15 is 0 Å². The normalized spacial score (nSPS) is 0. The molecule has 5 heavy (non-hydrogen) atoms. The Balaban J connectivity index is 0. The zero-order chi connectivity index (χ0) is 0. The fourth-order valence-corrected chi connectivity index (χ4v) is 0. The maximum atomic E-state index is 0. The Labute approximate surface area is 136 Å². The van der Waals surface area contributed by atoms with Gasteiger partial charge in [-0.2, -0.15) is 0 Å². The fourth-order valence-electron chi connectivity index (χ4n) is 0. The van der Waals surface area contributed by atoms with Crippen LogP contribution >= 0.6 is 0 Å². The van der Waals surface area contributed by atoms with Crippen molar-refractivity contribution in [3.05, 3.63) is 0 Å². The molecule has 0 spiro atoms. The molecule has 28 valence electrons. The molecule has 0 N–H and O–H groups in total. The molecule has 0 saturated carbocycles. The molecule has 0 aromatic heterocycles. The van der Waals surface area contributed by atoms with Crippen LogP contribution in [0.1, 0.15) is 2.85 Å². The molecule has 5 heteroatoms. The van der Waals surface area contributed by atoms with Gasteiger partial charge in [-0.25, -0.2) is 0 Å². The topological polar surface area (TPSA) is 0 Å². The molecule has 0 aliphatic heterocycles. The van der Waals surface area contributed by atoms with E-state index in [2.05, 4.69) is 0 Å². The number of hydrogen-bond donors (Lipinski definition) is 0. The van der Waals surface area contributed by atoms with Crippen molar-refractivity contribution in [2.75, 3.05) is 0 Å². The van der Waals surface area contributed by atoms with Crippen LogP contribution in [0.2, 0.25) is 0 Å². The predicted octanol–water partition coefficient (Wildman–Crippen LogP) is -1.61. The van der Waals surface area contributed by atoms with Gasteiger partial charge < -0.3 is 2.85 Å². The van der Waals surface area contributed by atoms with Crippen LogP contribution in [0, 0.1) is 71.1 Å². The summed E-state index contributed by atoms with van der Waals surface area (Å²) in [6.45, 7) is 0. The van der Waals surface area contributed by atoms with Crippen LogP contribution in [0.15, 0.2) is 0 Å². The summed E-state index contributed by atoms with van der Waals surface area (Å²) in [5, 5.41) is 0. The minimum Gasteiger partial charge on any atom is -1.00 e. The van der Waals surface area contributed by atoms with Gasteiger partial charge in [0, 0.05) is 88.1 Å². The molecule has 0 bridgehead atoms. The van der Waals surface area contributed by atoms with Crippen molar-refractivity contribution in [3.8, 4) is 0 Å². The predicted molar refractivity (Wildman–Crippen MR) is 19.3 cm³/mol. The Bertz CT molecular complexity index is 17.7. The Morgan fingerprint density at radius 1 is 1.20 bits per heavy atom. The number of rotatable bonds is 0. The van der Waals surface area contributed by atoms with E-state index in [0.717, 1.165) is 0 Å². The van der Waals surface area contributed by atoms with Crippen molar-refractivity contribution in [3.63, 3.8) is 0 Å². The van der Waals surface area contributed by atoms with E-state index in [0.29, 0.717) is 0 Å². The summed E-state index contributed by atoms with van der Waals surface area (Å²) >= 11 is 0. The SMILES string of the molecule is [Ca+2].[Fe].[H-].[H-].[SiH4].[Th].[U]. The van der Waals surface area contributed by atoms with Crippen LogP contribution < -0.4 is 0 Å². The van der Waals surface area contributed by atoms with Crippen LogP contribution in [0.5, 0.6) is 0 Å². The summed E-state index contributed by atoms with van der Waals surface area (Å²) < 4.78 is 0. The molecule has 0 aromatic carbocycles. The second-order valence-electron chi connectivity index (χ2n) is 0. The molecule has 0 aliphatic rings. The van der Waals surface area contributed by atoms with E-state index in [1.807, 2.05) is 0 Å². The maximum Gasteiger partial charge on any atom is 2.00 e. The summed E-state index contributed by atoms with van der Waals surface area (Å²) in [5.41, 5.74) is 0. The first kappa shape index (κ1) is 34.4. The van der Waals surface area contributed by atoms with Crippen LogP contribution in [-0.2, 0) is 17.1 Å². The third-order valence-corrected chi connectivity index (χ3v) is 0. The first-order valence-corrected chi connectivity index (χ1v) is 0. The van der Waals surface area contributed by atoms with Crippen molar-refractivity contribution in [1.82, 2.24) is 0 Å².